The first-order valence-corrected chi connectivity index (χ1v) is 13.1. The fraction of sp³-hybridized carbons (Fsp3) is 0.769. The van der Waals surface area contributed by atoms with Gasteiger partial charge in [0.1, 0.15) is 36.6 Å². The molecule has 0 bridgehead atoms. The smallest absolute Gasteiger partial charge is 0.310 e. The summed E-state index contributed by atoms with van der Waals surface area (Å²) in [5.74, 6) is -2.24. The molecule has 4 aliphatic rings. The van der Waals surface area contributed by atoms with Gasteiger partial charge < -0.3 is 48.9 Å². The minimum absolute atomic E-state index is 0.0461. The van der Waals surface area contributed by atoms with E-state index in [2.05, 4.69) is 0 Å². The Bertz CT molecular complexity index is 996. The minimum atomic E-state index is -1.61. The third-order valence-electron chi connectivity index (χ3n) is 9.03. The molecule has 0 unspecified atom stereocenters. The molecule has 38 heavy (non-hydrogen) atoms. The summed E-state index contributed by atoms with van der Waals surface area (Å²) in [5, 5.41) is 51.7. The van der Waals surface area contributed by atoms with Crippen LogP contribution in [0.1, 0.15) is 51.2 Å². The molecule has 5 N–H and O–H groups in total. The van der Waals surface area contributed by atoms with Gasteiger partial charge in [-0.2, -0.15) is 0 Å². The monoisotopic (exact) mass is 540 g/mol. The number of cyclic esters (lactones) is 1. The number of rotatable bonds is 5. The number of ether oxygens (including phenoxy) is 4. The molecule has 1 aromatic heterocycles. The molecular weight excluding hydrogens is 504 g/mol. The number of esters is 2. The second kappa shape index (κ2) is 10.5. The SMILES string of the molecule is CC(=O)O[C@@H]1[C@@H]2[C@H](CC[C@H]3C(=O)O[C@H](c4ccoc4)C[C@@]23C)[C@H](O[C@@H]2O[C@H](CO)[C@@H](O)[C@H](O)[C@H]2O)C[C@@H]1O. The highest BCUT2D eigenvalue weighted by Gasteiger charge is 2.63. The lowest BCUT2D eigenvalue weighted by molar-refractivity contribution is -0.328. The van der Waals surface area contributed by atoms with Crippen LogP contribution in [0.5, 0.6) is 0 Å². The number of hydrogen-bond donors (Lipinski definition) is 5. The van der Waals surface area contributed by atoms with E-state index in [-0.39, 0.29) is 18.3 Å². The lowest BCUT2D eigenvalue weighted by Crippen LogP contribution is -2.65. The van der Waals surface area contributed by atoms with E-state index < -0.39 is 84.9 Å². The lowest BCUT2D eigenvalue weighted by Gasteiger charge is -2.59. The van der Waals surface area contributed by atoms with Gasteiger partial charge in [0.25, 0.3) is 0 Å². The second-order valence-corrected chi connectivity index (χ2v) is 11.3. The van der Waals surface area contributed by atoms with Gasteiger partial charge in [0, 0.05) is 24.8 Å². The van der Waals surface area contributed by atoms with Crippen LogP contribution in [0, 0.1) is 23.2 Å². The standard InChI is InChI=1S/C26H36O12/c1-11(28)35-23-15(29)7-16(37-25-22(32)21(31)20(30)18(9-27)38-25)13-3-4-14-24(33)36-17(12-5-6-34-10-12)8-26(14,2)19(13)23/h5-6,10,13-23,25,27,29-32H,3-4,7-9H2,1-2H3/t13-,14+,15+,16-,17+,18-,19+,20-,21+,22-,23+,25-,26-/m1/s1. The summed E-state index contributed by atoms with van der Waals surface area (Å²) in [4.78, 5) is 25.3. The number of aliphatic hydroxyl groups is 5. The van der Waals surface area contributed by atoms with Gasteiger partial charge in [-0.05, 0) is 36.7 Å². The number of carbonyl (C=O) groups is 2. The average Bonchev–Trinajstić information content (AvgIpc) is 3.41. The quantitative estimate of drug-likeness (QED) is 0.310. The van der Waals surface area contributed by atoms with E-state index in [9.17, 15) is 35.1 Å². The van der Waals surface area contributed by atoms with E-state index in [0.29, 0.717) is 24.8 Å². The van der Waals surface area contributed by atoms with Crippen LogP contribution in [-0.4, -0.2) is 93.1 Å². The molecule has 2 saturated carbocycles. The predicted octanol–water partition coefficient (Wildman–Crippen LogP) is -0.202. The fourth-order valence-corrected chi connectivity index (χ4v) is 7.24. The Labute approximate surface area is 219 Å². The summed E-state index contributed by atoms with van der Waals surface area (Å²) in [6.45, 7) is 2.61. The highest BCUT2D eigenvalue weighted by molar-refractivity contribution is 5.75. The maximum Gasteiger partial charge on any atom is 0.310 e. The van der Waals surface area contributed by atoms with Crippen LogP contribution in [0.3, 0.4) is 0 Å². The molecule has 2 saturated heterocycles. The van der Waals surface area contributed by atoms with Gasteiger partial charge in [-0.25, -0.2) is 0 Å². The fourth-order valence-electron chi connectivity index (χ4n) is 7.24. The van der Waals surface area contributed by atoms with Crippen LogP contribution >= 0.6 is 0 Å². The van der Waals surface area contributed by atoms with Crippen LogP contribution in [-0.2, 0) is 28.5 Å². The third kappa shape index (κ3) is 4.66. The van der Waals surface area contributed by atoms with Crippen molar-refractivity contribution in [2.45, 2.75) is 94.7 Å². The summed E-state index contributed by atoms with van der Waals surface area (Å²) in [6.07, 6.45) is -6.16. The van der Waals surface area contributed by atoms with E-state index in [1.807, 2.05) is 6.92 Å². The van der Waals surface area contributed by atoms with Crippen LogP contribution in [0.15, 0.2) is 23.0 Å². The molecule has 3 heterocycles. The molecular formula is C26H36O12. The van der Waals surface area contributed by atoms with E-state index in [1.165, 1.54) is 19.5 Å². The van der Waals surface area contributed by atoms with Gasteiger partial charge >= 0.3 is 11.9 Å². The van der Waals surface area contributed by atoms with E-state index in [0.717, 1.165) is 0 Å². The normalized spacial score (nSPS) is 47.0. The molecule has 13 atom stereocenters. The van der Waals surface area contributed by atoms with E-state index in [4.69, 9.17) is 23.4 Å². The zero-order valence-electron chi connectivity index (χ0n) is 21.3. The number of carbonyl (C=O) groups excluding carboxylic acids is 2. The Kier molecular flexibility index (Phi) is 7.59. The topological polar surface area (TPSA) is 185 Å². The minimum Gasteiger partial charge on any atom is -0.472 e. The van der Waals surface area contributed by atoms with Crippen LogP contribution in [0.4, 0.5) is 0 Å². The maximum atomic E-state index is 13.2. The second-order valence-electron chi connectivity index (χ2n) is 11.3. The van der Waals surface area contributed by atoms with Crippen LogP contribution in [0.25, 0.3) is 0 Å². The molecule has 0 amide bonds. The molecule has 4 fully saturated rings. The summed E-state index contributed by atoms with van der Waals surface area (Å²) >= 11 is 0. The zero-order valence-corrected chi connectivity index (χ0v) is 21.3. The van der Waals surface area contributed by atoms with Crippen molar-refractivity contribution in [2.75, 3.05) is 6.61 Å². The molecule has 1 aromatic rings. The first kappa shape index (κ1) is 27.5. The molecule has 212 valence electrons. The molecule has 2 aliphatic heterocycles. The van der Waals surface area contributed by atoms with Crippen molar-refractivity contribution in [2.24, 2.45) is 23.2 Å². The summed E-state index contributed by atoms with van der Waals surface area (Å²) < 4.78 is 28.4. The Hall–Kier alpha value is -2.06. The van der Waals surface area contributed by atoms with Gasteiger partial charge in [0.15, 0.2) is 6.29 Å². The molecule has 12 nitrogen and oxygen atoms in total. The maximum absolute atomic E-state index is 13.2. The highest BCUT2D eigenvalue weighted by atomic mass is 16.7. The number of aliphatic hydroxyl groups excluding tert-OH is 5. The molecule has 0 radical (unpaired) electrons. The third-order valence-corrected chi connectivity index (χ3v) is 9.03. The first-order valence-electron chi connectivity index (χ1n) is 13.1. The average molecular weight is 541 g/mol. The Morgan fingerprint density at radius 1 is 1.16 bits per heavy atom. The molecule has 12 heteroatoms. The van der Waals surface area contributed by atoms with Crippen LogP contribution < -0.4 is 0 Å². The van der Waals surface area contributed by atoms with Crippen molar-refractivity contribution in [3.8, 4) is 0 Å². The summed E-state index contributed by atoms with van der Waals surface area (Å²) in [7, 11) is 0. The molecule has 2 aliphatic carbocycles. The van der Waals surface area contributed by atoms with Crippen molar-refractivity contribution in [3.63, 3.8) is 0 Å². The van der Waals surface area contributed by atoms with Gasteiger partial charge in [-0.15, -0.1) is 0 Å². The van der Waals surface area contributed by atoms with Gasteiger partial charge in [0.2, 0.25) is 0 Å². The van der Waals surface area contributed by atoms with Crippen molar-refractivity contribution >= 4 is 11.9 Å². The van der Waals surface area contributed by atoms with Gasteiger partial charge in [-0.1, -0.05) is 6.92 Å². The van der Waals surface area contributed by atoms with Gasteiger partial charge in [-0.3, -0.25) is 9.59 Å². The van der Waals surface area contributed by atoms with E-state index in [1.54, 1.807) is 6.07 Å². The van der Waals surface area contributed by atoms with Crippen molar-refractivity contribution < 1.29 is 58.5 Å². The Morgan fingerprint density at radius 3 is 2.58 bits per heavy atom. The molecule has 5 rings (SSSR count). The van der Waals surface area contributed by atoms with Crippen molar-refractivity contribution in [1.82, 2.24) is 0 Å². The Balaban J connectivity index is 1.47. The Morgan fingerprint density at radius 2 is 1.92 bits per heavy atom. The summed E-state index contributed by atoms with van der Waals surface area (Å²) in [5.41, 5.74) is -0.0479. The van der Waals surface area contributed by atoms with Crippen molar-refractivity contribution in [1.29, 1.82) is 0 Å². The van der Waals surface area contributed by atoms with Crippen LogP contribution in [0.2, 0.25) is 0 Å². The number of hydrogen-bond acceptors (Lipinski definition) is 12. The zero-order chi connectivity index (χ0) is 27.4. The van der Waals surface area contributed by atoms with E-state index >= 15 is 0 Å². The number of furan rings is 1. The van der Waals surface area contributed by atoms with Crippen molar-refractivity contribution in [3.05, 3.63) is 24.2 Å². The highest BCUT2D eigenvalue weighted by Crippen LogP contribution is 2.60. The first-order chi connectivity index (χ1) is 18.0. The largest absolute Gasteiger partial charge is 0.472 e. The molecule has 0 aromatic carbocycles. The molecule has 0 spiro atoms. The number of fused-ring (bicyclic) bond motifs is 3. The van der Waals surface area contributed by atoms with Gasteiger partial charge in [0.05, 0.1) is 37.3 Å². The summed E-state index contributed by atoms with van der Waals surface area (Å²) in [6, 6.07) is 1.73. The lowest BCUT2D eigenvalue weighted by atomic mass is 9.49. The predicted molar refractivity (Wildman–Crippen MR) is 125 cm³/mol.